The molecule has 4 aromatic rings. The lowest BCUT2D eigenvalue weighted by Crippen LogP contribution is -2.36. The number of aryl methyl sites for hydroxylation is 2. The second kappa shape index (κ2) is 11.5. The number of benzene rings is 3. The van der Waals surface area contributed by atoms with Crippen LogP contribution >= 0.6 is 0 Å². The van der Waals surface area contributed by atoms with E-state index in [2.05, 4.69) is 15.6 Å². The summed E-state index contributed by atoms with van der Waals surface area (Å²) in [5.74, 6) is -3.62. The third kappa shape index (κ3) is 5.94. The number of hydrogen-bond donors (Lipinski definition) is 3. The third-order valence-electron chi connectivity index (χ3n) is 8.35. The molecule has 0 radical (unpaired) electrons. The van der Waals surface area contributed by atoms with Crippen LogP contribution in [-0.2, 0) is 31.8 Å². The molecule has 1 aromatic heterocycles. The fourth-order valence-electron chi connectivity index (χ4n) is 6.04. The Bertz CT molecular complexity index is 1970. The van der Waals surface area contributed by atoms with E-state index in [1.807, 2.05) is 6.07 Å². The maximum absolute atomic E-state index is 15.5. The average molecular weight is 650 g/mol. The highest BCUT2D eigenvalue weighted by molar-refractivity contribution is 7.92. The van der Waals surface area contributed by atoms with Crippen molar-refractivity contribution >= 4 is 49.8 Å². The van der Waals surface area contributed by atoms with Crippen LogP contribution in [0, 0.1) is 13.8 Å². The van der Waals surface area contributed by atoms with Gasteiger partial charge in [0, 0.05) is 42.1 Å². The minimum absolute atomic E-state index is 0.0440. The Morgan fingerprint density at radius 2 is 1.76 bits per heavy atom. The normalized spacial score (nSPS) is 18.7. The van der Waals surface area contributed by atoms with E-state index in [0.717, 1.165) is 10.8 Å². The quantitative estimate of drug-likeness (QED) is 0.250. The number of alkyl halides is 2. The molecule has 0 spiro atoms. The number of nitrogen functional groups attached to an aromatic ring is 1. The number of nitrogens with two attached hydrogens (primary N) is 1. The molecule has 2 amide bonds. The molecule has 1 atom stereocenters. The largest absolute Gasteiger partial charge is 0.442 e. The summed E-state index contributed by atoms with van der Waals surface area (Å²) in [6.45, 7) is 1.69. The van der Waals surface area contributed by atoms with Crippen molar-refractivity contribution in [1.29, 1.82) is 0 Å². The van der Waals surface area contributed by atoms with Crippen LogP contribution in [0.1, 0.15) is 46.7 Å². The first kappa shape index (κ1) is 31.2. The molecule has 240 valence electrons. The molecule has 1 unspecified atom stereocenters. The monoisotopic (exact) mass is 649 g/mol. The molecule has 7 rings (SSSR count). The van der Waals surface area contributed by atoms with Gasteiger partial charge in [-0.25, -0.2) is 18.2 Å². The second-order valence-electron chi connectivity index (χ2n) is 11.9. The molecule has 1 saturated carbocycles. The van der Waals surface area contributed by atoms with E-state index in [1.54, 1.807) is 24.4 Å². The number of likely N-dealkylation sites (N-methyl/N-ethyl adjacent to an activating group) is 1. The van der Waals surface area contributed by atoms with E-state index in [9.17, 15) is 18.0 Å². The van der Waals surface area contributed by atoms with E-state index in [4.69, 9.17) is 10.5 Å². The lowest BCUT2D eigenvalue weighted by molar-refractivity contribution is -0.131. The lowest BCUT2D eigenvalue weighted by Gasteiger charge is -2.29. The number of hydrogen-bond acceptors (Lipinski definition) is 8. The number of amides is 2. The fourth-order valence-corrected chi connectivity index (χ4v) is 7.90. The Kier molecular flexibility index (Phi) is 7.83. The van der Waals surface area contributed by atoms with Crippen LogP contribution < -0.4 is 16.4 Å². The Labute approximate surface area is 264 Å². The van der Waals surface area contributed by atoms with Gasteiger partial charge in [-0.3, -0.25) is 10.1 Å². The molecule has 3 aromatic carbocycles. The second-order valence-corrected chi connectivity index (χ2v) is 14.1. The topological polar surface area (TPSA) is 144 Å². The number of carbonyl (C=O) groups is 2. The van der Waals surface area contributed by atoms with Gasteiger partial charge in [0.2, 0.25) is 5.91 Å². The van der Waals surface area contributed by atoms with Crippen molar-refractivity contribution in [3.8, 4) is 0 Å². The molecule has 3 aliphatic rings. The van der Waals surface area contributed by atoms with Gasteiger partial charge in [-0.2, -0.15) is 8.78 Å². The summed E-state index contributed by atoms with van der Waals surface area (Å²) in [6.07, 6.45) is 1.52. The Morgan fingerprint density at radius 3 is 2.46 bits per heavy atom. The van der Waals surface area contributed by atoms with Crippen molar-refractivity contribution in [2.24, 2.45) is 0 Å². The van der Waals surface area contributed by atoms with Gasteiger partial charge in [-0.15, -0.1) is 0 Å². The summed E-state index contributed by atoms with van der Waals surface area (Å²) in [7, 11) is -2.16. The fraction of sp³-hybridized carbons (Fsp3) is 0.303. The molecule has 4 bridgehead atoms. The molecule has 2 aliphatic heterocycles. The van der Waals surface area contributed by atoms with Gasteiger partial charge in [0.1, 0.15) is 11.9 Å². The summed E-state index contributed by atoms with van der Waals surface area (Å²) in [5, 5.41) is 6.67. The highest BCUT2D eigenvalue weighted by Crippen LogP contribution is 2.38. The van der Waals surface area contributed by atoms with Gasteiger partial charge in [-0.1, -0.05) is 12.1 Å². The zero-order valence-corrected chi connectivity index (χ0v) is 26.3. The number of ether oxygens (including phenoxy) is 1. The van der Waals surface area contributed by atoms with Crippen molar-refractivity contribution in [2.75, 3.05) is 30.0 Å². The number of halogens is 2. The first-order valence-electron chi connectivity index (χ1n) is 14.7. The van der Waals surface area contributed by atoms with Crippen LogP contribution in [0.5, 0.6) is 0 Å². The number of fused-ring (bicyclic) bond motifs is 10. The Balaban J connectivity index is 1.47. The number of anilines is 3. The van der Waals surface area contributed by atoms with Crippen LogP contribution in [0.2, 0.25) is 0 Å². The minimum atomic E-state index is -3.70. The summed E-state index contributed by atoms with van der Waals surface area (Å²) in [4.78, 5) is 32.4. The van der Waals surface area contributed by atoms with Crippen molar-refractivity contribution in [1.82, 2.24) is 9.88 Å². The van der Waals surface area contributed by atoms with Crippen LogP contribution in [0.25, 0.3) is 10.8 Å². The zero-order chi connectivity index (χ0) is 33.0. The number of nitrogens with zero attached hydrogens (tertiary/aromatic N) is 2. The first-order chi connectivity index (χ1) is 21.7. The minimum Gasteiger partial charge on any atom is -0.442 e. The average Bonchev–Trinajstić information content (AvgIpc) is 3.84. The SMILES string of the molecule is Cc1cc2cc(C)c1C(F)(F)COC(=O)Nc1ccc(S(=O)(=O)C3CC3)c(c1)CN(C)C(=O)C2Nc1ccc2c(N)nccc2c1. The van der Waals surface area contributed by atoms with E-state index >= 15 is 8.78 Å². The maximum atomic E-state index is 15.5. The smallest absolute Gasteiger partial charge is 0.411 e. The summed E-state index contributed by atoms with van der Waals surface area (Å²) in [5.41, 5.74) is 7.54. The van der Waals surface area contributed by atoms with Gasteiger partial charge in [0.25, 0.3) is 0 Å². The predicted molar refractivity (Wildman–Crippen MR) is 170 cm³/mol. The van der Waals surface area contributed by atoms with Crippen LogP contribution in [0.15, 0.2) is 65.7 Å². The lowest BCUT2D eigenvalue weighted by atomic mass is 9.91. The molecule has 3 heterocycles. The summed E-state index contributed by atoms with van der Waals surface area (Å²) < 4.78 is 62.7. The van der Waals surface area contributed by atoms with Gasteiger partial charge >= 0.3 is 12.0 Å². The Hall–Kier alpha value is -4.78. The van der Waals surface area contributed by atoms with E-state index in [0.29, 0.717) is 29.9 Å². The van der Waals surface area contributed by atoms with Crippen molar-refractivity contribution in [3.05, 3.63) is 88.6 Å². The first-order valence-corrected chi connectivity index (χ1v) is 16.2. The van der Waals surface area contributed by atoms with E-state index < -0.39 is 45.7 Å². The zero-order valence-electron chi connectivity index (χ0n) is 25.4. The van der Waals surface area contributed by atoms with Crippen LogP contribution in [0.3, 0.4) is 0 Å². The number of pyridine rings is 1. The molecular formula is C33H33F2N5O5S. The third-order valence-corrected chi connectivity index (χ3v) is 10.7. The van der Waals surface area contributed by atoms with Crippen LogP contribution in [-0.4, -0.2) is 49.2 Å². The van der Waals surface area contributed by atoms with Crippen molar-refractivity contribution in [2.45, 2.75) is 55.3 Å². The molecule has 10 nitrogen and oxygen atoms in total. The maximum Gasteiger partial charge on any atom is 0.411 e. The Morgan fingerprint density at radius 1 is 1.04 bits per heavy atom. The molecule has 46 heavy (non-hydrogen) atoms. The van der Waals surface area contributed by atoms with Gasteiger partial charge in [0.05, 0.1) is 10.1 Å². The highest BCUT2D eigenvalue weighted by Gasteiger charge is 2.40. The number of rotatable bonds is 4. The molecule has 1 aliphatic carbocycles. The number of sulfone groups is 1. The van der Waals surface area contributed by atoms with Crippen molar-refractivity contribution in [3.63, 3.8) is 0 Å². The predicted octanol–water partition coefficient (Wildman–Crippen LogP) is 5.84. The molecule has 13 heteroatoms. The van der Waals surface area contributed by atoms with Crippen LogP contribution in [0.4, 0.5) is 30.8 Å². The molecular weight excluding hydrogens is 616 g/mol. The molecule has 4 N–H and O–H groups in total. The standard InChI is InChI=1S/C33H33F2N5O5S/c1-18-12-21-13-19(2)28(18)33(34,35)17-45-32(42)39-24-5-9-27(46(43,44)25-6-7-25)22(15-24)16-40(3)31(41)29(21)38-23-4-8-26-20(14-23)10-11-37-30(26)36/h4-5,8-15,25,29,38H,6-7,16-17H2,1-3H3,(H2,36,37)(H,39,42). The molecule has 0 saturated heterocycles. The molecule has 1 fully saturated rings. The number of nitrogens with one attached hydrogen (secondary N) is 2. The van der Waals surface area contributed by atoms with E-state index in [-0.39, 0.29) is 39.4 Å². The summed E-state index contributed by atoms with van der Waals surface area (Å²) in [6, 6.07) is 13.3. The van der Waals surface area contributed by atoms with E-state index in [1.165, 1.54) is 56.1 Å². The van der Waals surface area contributed by atoms with Gasteiger partial charge in [-0.05, 0) is 96.8 Å². The highest BCUT2D eigenvalue weighted by atomic mass is 32.2. The number of carbonyl (C=O) groups excluding carboxylic acids is 2. The van der Waals surface area contributed by atoms with Gasteiger partial charge in [0.15, 0.2) is 16.4 Å². The summed E-state index contributed by atoms with van der Waals surface area (Å²) >= 11 is 0. The van der Waals surface area contributed by atoms with Crippen molar-refractivity contribution < 1.29 is 31.5 Å². The van der Waals surface area contributed by atoms with Gasteiger partial charge < -0.3 is 20.7 Å². The number of aromatic nitrogens is 1.